The average molecular weight is 321 g/mol. The van der Waals surface area contributed by atoms with E-state index < -0.39 is 10.1 Å². The lowest BCUT2D eigenvalue weighted by atomic mass is 9.96. The molecule has 0 radical (unpaired) electrons. The third-order valence-electron chi connectivity index (χ3n) is 4.00. The van der Waals surface area contributed by atoms with Crippen LogP contribution in [0.1, 0.15) is 42.9 Å². The van der Waals surface area contributed by atoms with Gasteiger partial charge < -0.3 is 4.52 Å². The third-order valence-corrected chi connectivity index (χ3v) is 4.55. The highest BCUT2D eigenvalue weighted by atomic mass is 32.2. The standard InChI is InChI=1S/C16H19NO4S/c1-22(18,19)20-11-15-10-16(21-17-15)14-8-6-13(7-9-14)12-4-2-3-5-12/h6-10,12H,2-5,11H2,1H3. The summed E-state index contributed by atoms with van der Waals surface area (Å²) in [5.74, 6) is 1.30. The van der Waals surface area contributed by atoms with E-state index >= 15 is 0 Å². The summed E-state index contributed by atoms with van der Waals surface area (Å²) in [5.41, 5.74) is 2.77. The van der Waals surface area contributed by atoms with E-state index in [2.05, 4.69) is 17.3 Å². The first kappa shape index (κ1) is 15.2. The van der Waals surface area contributed by atoms with E-state index in [-0.39, 0.29) is 6.61 Å². The van der Waals surface area contributed by atoms with Gasteiger partial charge in [0.05, 0.1) is 6.26 Å². The second kappa shape index (κ2) is 6.22. The number of nitrogens with zero attached hydrogens (tertiary/aromatic N) is 1. The molecule has 0 unspecified atom stereocenters. The number of benzene rings is 1. The molecule has 1 aromatic carbocycles. The van der Waals surface area contributed by atoms with E-state index in [4.69, 9.17) is 8.71 Å². The summed E-state index contributed by atoms with van der Waals surface area (Å²) in [7, 11) is -3.47. The summed E-state index contributed by atoms with van der Waals surface area (Å²) in [5, 5.41) is 3.83. The van der Waals surface area contributed by atoms with Crippen molar-refractivity contribution in [3.05, 3.63) is 41.6 Å². The molecule has 1 aromatic heterocycles. The lowest BCUT2D eigenvalue weighted by Gasteiger charge is -2.09. The number of hydrogen-bond donors (Lipinski definition) is 0. The Hall–Kier alpha value is -1.66. The molecule has 22 heavy (non-hydrogen) atoms. The Kier molecular flexibility index (Phi) is 4.31. The molecule has 118 valence electrons. The highest BCUT2D eigenvalue weighted by Gasteiger charge is 2.17. The molecule has 0 aliphatic heterocycles. The van der Waals surface area contributed by atoms with E-state index in [1.54, 1.807) is 6.07 Å². The van der Waals surface area contributed by atoms with Crippen LogP contribution in [0.2, 0.25) is 0 Å². The predicted molar refractivity (Wildman–Crippen MR) is 82.8 cm³/mol. The quantitative estimate of drug-likeness (QED) is 0.789. The molecule has 0 atom stereocenters. The fourth-order valence-electron chi connectivity index (χ4n) is 2.86. The molecule has 0 saturated heterocycles. The Morgan fingerprint density at radius 3 is 2.55 bits per heavy atom. The SMILES string of the molecule is CS(=O)(=O)OCc1cc(-c2ccc(C3CCCC3)cc2)on1. The molecule has 5 nitrogen and oxygen atoms in total. The number of rotatable bonds is 5. The minimum absolute atomic E-state index is 0.109. The summed E-state index contributed by atoms with van der Waals surface area (Å²) in [6.07, 6.45) is 6.19. The van der Waals surface area contributed by atoms with Crippen molar-refractivity contribution in [2.24, 2.45) is 0 Å². The molecule has 1 saturated carbocycles. The van der Waals surface area contributed by atoms with Gasteiger partial charge in [0.25, 0.3) is 10.1 Å². The molecule has 6 heteroatoms. The molecule has 0 bridgehead atoms. The molecule has 0 spiro atoms. The van der Waals surface area contributed by atoms with Crippen LogP contribution in [0, 0.1) is 0 Å². The first-order chi connectivity index (χ1) is 10.5. The minimum atomic E-state index is -3.47. The predicted octanol–water partition coefficient (Wildman–Crippen LogP) is 3.48. The van der Waals surface area contributed by atoms with E-state index in [0.29, 0.717) is 17.4 Å². The Morgan fingerprint density at radius 1 is 1.23 bits per heavy atom. The first-order valence-corrected chi connectivity index (χ1v) is 9.23. The molecule has 1 aliphatic rings. The van der Waals surface area contributed by atoms with Gasteiger partial charge in [0.1, 0.15) is 12.3 Å². The van der Waals surface area contributed by atoms with Crippen LogP contribution < -0.4 is 0 Å². The maximum atomic E-state index is 11.0. The Balaban J connectivity index is 1.70. The maximum Gasteiger partial charge on any atom is 0.264 e. The van der Waals surface area contributed by atoms with Gasteiger partial charge in [-0.15, -0.1) is 0 Å². The highest BCUT2D eigenvalue weighted by molar-refractivity contribution is 7.85. The summed E-state index contributed by atoms with van der Waals surface area (Å²) < 4.78 is 31.9. The van der Waals surface area contributed by atoms with Gasteiger partial charge in [0.15, 0.2) is 5.76 Å². The molecule has 1 heterocycles. The summed E-state index contributed by atoms with van der Waals surface area (Å²) in [6.45, 7) is -0.109. The van der Waals surface area contributed by atoms with Crippen molar-refractivity contribution >= 4 is 10.1 Å². The van der Waals surface area contributed by atoms with Gasteiger partial charge in [-0.05, 0) is 24.3 Å². The molecule has 1 fully saturated rings. The van der Waals surface area contributed by atoms with E-state index in [0.717, 1.165) is 11.8 Å². The van der Waals surface area contributed by atoms with Crippen LogP contribution in [0.15, 0.2) is 34.9 Å². The lowest BCUT2D eigenvalue weighted by Crippen LogP contribution is -2.02. The number of hydrogen-bond acceptors (Lipinski definition) is 5. The van der Waals surface area contributed by atoms with Crippen LogP contribution >= 0.6 is 0 Å². The molecule has 2 aromatic rings. The van der Waals surface area contributed by atoms with E-state index in [1.165, 1.54) is 31.2 Å². The van der Waals surface area contributed by atoms with Crippen molar-refractivity contribution < 1.29 is 17.1 Å². The van der Waals surface area contributed by atoms with Crippen molar-refractivity contribution in [1.82, 2.24) is 5.16 Å². The molecular weight excluding hydrogens is 302 g/mol. The van der Waals surface area contributed by atoms with Crippen LogP contribution in [0.5, 0.6) is 0 Å². The zero-order valence-electron chi connectivity index (χ0n) is 12.5. The highest BCUT2D eigenvalue weighted by Crippen LogP contribution is 2.34. The zero-order chi connectivity index (χ0) is 15.6. The summed E-state index contributed by atoms with van der Waals surface area (Å²) >= 11 is 0. The second-order valence-electron chi connectivity index (χ2n) is 5.75. The molecule has 3 rings (SSSR count). The van der Waals surface area contributed by atoms with Crippen LogP contribution in [0.25, 0.3) is 11.3 Å². The fourth-order valence-corrected chi connectivity index (χ4v) is 3.20. The average Bonchev–Trinajstić information content (AvgIpc) is 3.16. The van der Waals surface area contributed by atoms with Crippen LogP contribution in [-0.2, 0) is 20.9 Å². The van der Waals surface area contributed by atoms with E-state index in [1.807, 2.05) is 12.1 Å². The smallest absolute Gasteiger partial charge is 0.264 e. The van der Waals surface area contributed by atoms with Crippen molar-refractivity contribution in [1.29, 1.82) is 0 Å². The molecular formula is C16H19NO4S. The van der Waals surface area contributed by atoms with Gasteiger partial charge in [-0.2, -0.15) is 8.42 Å². The van der Waals surface area contributed by atoms with Gasteiger partial charge in [-0.1, -0.05) is 42.3 Å². The second-order valence-corrected chi connectivity index (χ2v) is 7.40. The summed E-state index contributed by atoms with van der Waals surface area (Å²) in [4.78, 5) is 0. The molecule has 0 N–H and O–H groups in total. The number of aromatic nitrogens is 1. The van der Waals surface area contributed by atoms with Gasteiger partial charge in [0.2, 0.25) is 0 Å². The van der Waals surface area contributed by atoms with Gasteiger partial charge in [-0.3, -0.25) is 4.18 Å². The lowest BCUT2D eigenvalue weighted by molar-refractivity contribution is 0.296. The zero-order valence-corrected chi connectivity index (χ0v) is 13.3. The third kappa shape index (κ3) is 3.75. The van der Waals surface area contributed by atoms with Crippen molar-refractivity contribution in [2.45, 2.75) is 38.2 Å². The minimum Gasteiger partial charge on any atom is -0.356 e. The Bertz CT molecular complexity index is 728. The van der Waals surface area contributed by atoms with Gasteiger partial charge >= 0.3 is 0 Å². The van der Waals surface area contributed by atoms with E-state index in [9.17, 15) is 8.42 Å². The first-order valence-electron chi connectivity index (χ1n) is 7.41. The fraction of sp³-hybridized carbons (Fsp3) is 0.438. The molecule has 1 aliphatic carbocycles. The van der Waals surface area contributed by atoms with Crippen molar-refractivity contribution in [3.8, 4) is 11.3 Å². The van der Waals surface area contributed by atoms with Crippen molar-refractivity contribution in [3.63, 3.8) is 0 Å². The largest absolute Gasteiger partial charge is 0.356 e. The van der Waals surface area contributed by atoms with Crippen LogP contribution in [0.4, 0.5) is 0 Å². The van der Waals surface area contributed by atoms with Gasteiger partial charge in [-0.25, -0.2) is 0 Å². The van der Waals surface area contributed by atoms with Gasteiger partial charge in [0, 0.05) is 11.6 Å². The summed E-state index contributed by atoms with van der Waals surface area (Å²) in [6, 6.07) is 10.0. The normalized spacial score (nSPS) is 16.2. The maximum absolute atomic E-state index is 11.0. The van der Waals surface area contributed by atoms with Crippen LogP contribution in [-0.4, -0.2) is 19.8 Å². The molecule has 0 amide bonds. The Labute approximate surface area is 130 Å². The Morgan fingerprint density at radius 2 is 1.91 bits per heavy atom. The monoisotopic (exact) mass is 321 g/mol. The van der Waals surface area contributed by atoms with Crippen molar-refractivity contribution in [2.75, 3.05) is 6.26 Å². The van der Waals surface area contributed by atoms with Crippen LogP contribution in [0.3, 0.4) is 0 Å². The topological polar surface area (TPSA) is 69.4 Å².